The summed E-state index contributed by atoms with van der Waals surface area (Å²) < 4.78 is 7.29. The number of benzene rings is 2. The maximum Gasteiger partial charge on any atom is 0.216 e. The number of fused-ring (bicyclic) bond motifs is 4. The topological polar surface area (TPSA) is 51.8 Å². The second-order valence-electron chi connectivity index (χ2n) is 8.48. The molecular formula is C31H21IrN3OS-2. The van der Waals surface area contributed by atoms with E-state index in [2.05, 4.69) is 51.5 Å². The van der Waals surface area contributed by atoms with Crippen LogP contribution >= 0.6 is 11.3 Å². The van der Waals surface area contributed by atoms with Crippen molar-refractivity contribution in [2.75, 3.05) is 0 Å². The minimum atomic E-state index is 0. The van der Waals surface area contributed by atoms with Crippen LogP contribution < -0.4 is 0 Å². The van der Waals surface area contributed by atoms with Crippen molar-refractivity contribution in [3.63, 3.8) is 0 Å². The first-order chi connectivity index (χ1) is 17.7. The number of hydrogen-bond donors (Lipinski definition) is 0. The van der Waals surface area contributed by atoms with Gasteiger partial charge in [0.15, 0.2) is 0 Å². The van der Waals surface area contributed by atoms with Gasteiger partial charge in [0.2, 0.25) is 5.71 Å². The summed E-state index contributed by atoms with van der Waals surface area (Å²) in [5.41, 5.74) is 7.45. The van der Waals surface area contributed by atoms with Crippen LogP contribution in [0.5, 0.6) is 0 Å². The molecule has 183 valence electrons. The van der Waals surface area contributed by atoms with E-state index in [1.54, 1.807) is 17.5 Å². The fraction of sp³-hybridized carbons (Fsp3) is 0.0645. The minimum Gasteiger partial charge on any atom is -0.486 e. The van der Waals surface area contributed by atoms with Crippen LogP contribution in [0.1, 0.15) is 11.3 Å². The van der Waals surface area contributed by atoms with Crippen molar-refractivity contribution in [1.29, 1.82) is 0 Å². The van der Waals surface area contributed by atoms with Crippen molar-refractivity contribution in [3.8, 4) is 22.5 Å². The number of aryl methyl sites for hydroxylation is 2. The van der Waals surface area contributed by atoms with Crippen LogP contribution in [0.25, 0.3) is 54.7 Å². The van der Waals surface area contributed by atoms with Crippen molar-refractivity contribution >= 4 is 43.5 Å². The van der Waals surface area contributed by atoms with Crippen LogP contribution in [0.3, 0.4) is 0 Å². The van der Waals surface area contributed by atoms with Gasteiger partial charge >= 0.3 is 0 Å². The van der Waals surface area contributed by atoms with Crippen molar-refractivity contribution in [1.82, 2.24) is 15.0 Å². The Morgan fingerprint density at radius 3 is 2.51 bits per heavy atom. The van der Waals surface area contributed by atoms with Gasteiger partial charge in [-0.3, -0.25) is 0 Å². The predicted molar refractivity (Wildman–Crippen MR) is 147 cm³/mol. The first-order valence-corrected chi connectivity index (χ1v) is 12.5. The Labute approximate surface area is 232 Å². The zero-order valence-electron chi connectivity index (χ0n) is 20.2. The molecule has 0 saturated carbocycles. The minimum absolute atomic E-state index is 0. The molecule has 0 amide bonds. The molecule has 2 aromatic carbocycles. The van der Waals surface area contributed by atoms with Gasteiger partial charge in [-0.05, 0) is 54.4 Å². The van der Waals surface area contributed by atoms with Crippen LogP contribution in [-0.2, 0) is 20.1 Å². The molecular weight excluding hydrogens is 655 g/mol. The third-order valence-electron chi connectivity index (χ3n) is 6.00. The van der Waals surface area contributed by atoms with Gasteiger partial charge < -0.3 is 14.4 Å². The van der Waals surface area contributed by atoms with Crippen LogP contribution in [0, 0.1) is 26.0 Å². The Kier molecular flexibility index (Phi) is 7.24. The van der Waals surface area contributed by atoms with Crippen LogP contribution in [0.4, 0.5) is 0 Å². The van der Waals surface area contributed by atoms with Crippen molar-refractivity contribution < 1.29 is 24.5 Å². The van der Waals surface area contributed by atoms with E-state index in [0.717, 1.165) is 44.6 Å². The normalized spacial score (nSPS) is 10.8. The van der Waals surface area contributed by atoms with Gasteiger partial charge in [0, 0.05) is 53.7 Å². The predicted octanol–water partition coefficient (Wildman–Crippen LogP) is 8.22. The second-order valence-corrected chi connectivity index (χ2v) is 9.39. The standard InChI is InChI=1S/C20H13N2OS.C11H8N.Ir/c1-11-10-24-18-8-17(21-9-16(11)18)15-5-3-4-13-14-7-6-12(2)22-20(14)23-19(13)15;1-2-6-10(7-3-1)11-8-4-5-9-12-11;/h3-4,6-10H,1-2H3;1-6,8-9H;/q2*-1;. The number of pyridine rings is 3. The molecule has 0 fully saturated rings. The van der Waals surface area contributed by atoms with E-state index in [1.165, 1.54) is 15.6 Å². The molecule has 0 saturated heterocycles. The molecule has 0 aliphatic heterocycles. The first kappa shape index (κ1) is 25.0. The number of nitrogens with zero attached hydrogens (tertiary/aromatic N) is 3. The molecule has 0 N–H and O–H groups in total. The Balaban J connectivity index is 0.000000183. The van der Waals surface area contributed by atoms with Crippen molar-refractivity contribution in [3.05, 3.63) is 114 Å². The third-order valence-corrected chi connectivity index (χ3v) is 7.06. The molecule has 6 heteroatoms. The molecule has 0 aliphatic carbocycles. The van der Waals surface area contributed by atoms with E-state index in [-0.39, 0.29) is 20.1 Å². The largest absolute Gasteiger partial charge is 0.486 e. The van der Waals surface area contributed by atoms with E-state index in [0.29, 0.717) is 5.71 Å². The SMILES string of the molecule is Cc1ccc2c(n1)oc1c(-c3cc4scc(C)c4cn3)[c-]ccc12.[Ir].[c-]1ccccc1-c1ccccn1. The summed E-state index contributed by atoms with van der Waals surface area (Å²) in [5.74, 6) is 0. The van der Waals surface area contributed by atoms with Gasteiger partial charge in [0.1, 0.15) is 0 Å². The molecule has 0 atom stereocenters. The summed E-state index contributed by atoms with van der Waals surface area (Å²) >= 11 is 1.74. The zero-order valence-corrected chi connectivity index (χ0v) is 23.4. The van der Waals surface area contributed by atoms with E-state index in [1.807, 2.05) is 73.8 Å². The molecule has 5 aromatic heterocycles. The Bertz CT molecular complexity index is 1770. The zero-order chi connectivity index (χ0) is 24.5. The van der Waals surface area contributed by atoms with Gasteiger partial charge in [0.25, 0.3) is 0 Å². The second kappa shape index (κ2) is 10.7. The monoisotopic (exact) mass is 676 g/mol. The molecule has 0 unspecified atom stereocenters. The average molecular weight is 676 g/mol. The van der Waals surface area contributed by atoms with Crippen LogP contribution in [0.15, 0.2) is 95.0 Å². The molecule has 0 bridgehead atoms. The molecule has 0 aliphatic rings. The summed E-state index contributed by atoms with van der Waals surface area (Å²) in [6.45, 7) is 4.08. The summed E-state index contributed by atoms with van der Waals surface area (Å²) in [6.07, 6.45) is 3.73. The van der Waals surface area contributed by atoms with E-state index in [9.17, 15) is 0 Å². The first-order valence-electron chi connectivity index (χ1n) is 11.6. The summed E-state index contributed by atoms with van der Waals surface area (Å²) in [6, 6.07) is 30.2. The quantitative estimate of drug-likeness (QED) is 0.173. The molecule has 37 heavy (non-hydrogen) atoms. The van der Waals surface area contributed by atoms with E-state index >= 15 is 0 Å². The van der Waals surface area contributed by atoms with E-state index < -0.39 is 0 Å². The number of furan rings is 1. The van der Waals surface area contributed by atoms with Crippen LogP contribution in [0.2, 0.25) is 0 Å². The number of rotatable bonds is 2. The van der Waals surface area contributed by atoms with E-state index in [4.69, 9.17) is 4.42 Å². The molecule has 7 aromatic rings. The molecule has 1 radical (unpaired) electrons. The van der Waals surface area contributed by atoms with Crippen molar-refractivity contribution in [2.24, 2.45) is 0 Å². The van der Waals surface area contributed by atoms with Gasteiger partial charge in [-0.25, -0.2) is 4.98 Å². The number of hydrogen-bond acceptors (Lipinski definition) is 5. The van der Waals surface area contributed by atoms with Crippen molar-refractivity contribution in [2.45, 2.75) is 13.8 Å². The molecule has 5 heterocycles. The number of thiophene rings is 1. The fourth-order valence-electron chi connectivity index (χ4n) is 4.16. The average Bonchev–Trinajstić information content (AvgIpc) is 3.49. The number of aromatic nitrogens is 3. The van der Waals surface area contributed by atoms with Gasteiger partial charge in [-0.2, -0.15) is 0 Å². The smallest absolute Gasteiger partial charge is 0.216 e. The fourth-order valence-corrected chi connectivity index (χ4v) is 5.11. The maximum absolute atomic E-state index is 6.06. The molecule has 4 nitrogen and oxygen atoms in total. The van der Waals surface area contributed by atoms with Crippen LogP contribution in [-0.4, -0.2) is 15.0 Å². The summed E-state index contributed by atoms with van der Waals surface area (Å²) in [7, 11) is 0. The van der Waals surface area contributed by atoms with Gasteiger partial charge in [0.05, 0.1) is 5.58 Å². The Hall–Kier alpha value is -3.70. The van der Waals surface area contributed by atoms with Gasteiger partial charge in [-0.15, -0.1) is 65.4 Å². The Morgan fingerprint density at radius 2 is 1.70 bits per heavy atom. The summed E-state index contributed by atoms with van der Waals surface area (Å²) in [4.78, 5) is 13.4. The van der Waals surface area contributed by atoms with Gasteiger partial charge in [-0.1, -0.05) is 29.1 Å². The molecule has 0 spiro atoms. The third kappa shape index (κ3) is 4.96. The maximum atomic E-state index is 6.06. The summed E-state index contributed by atoms with van der Waals surface area (Å²) in [5, 5.41) is 5.45. The molecule has 7 rings (SSSR count). The Morgan fingerprint density at radius 1 is 0.811 bits per heavy atom.